The van der Waals surface area contributed by atoms with Gasteiger partial charge in [-0.1, -0.05) is 6.07 Å². The number of aliphatic hydroxyl groups excluding tert-OH is 1. The number of unbranched alkanes of at least 4 members (excludes halogenated alkanes) is 1. The topological polar surface area (TPSA) is 67.3 Å². The standard InChI is InChI=1S/C15H18FNO3S2/c1-10-15(21-14(17-10)5-3-4-8-18)11-6-7-13(12(16)9-11)22(2,19)20/h6-7,9,18H,3-5,8H2,1-2H3. The zero-order valence-electron chi connectivity index (χ0n) is 12.5. The predicted molar refractivity (Wildman–Crippen MR) is 85.4 cm³/mol. The molecule has 0 saturated heterocycles. The highest BCUT2D eigenvalue weighted by Gasteiger charge is 2.16. The zero-order valence-corrected chi connectivity index (χ0v) is 14.1. The highest BCUT2D eigenvalue weighted by atomic mass is 32.2. The van der Waals surface area contributed by atoms with Gasteiger partial charge in [-0.25, -0.2) is 17.8 Å². The quantitative estimate of drug-likeness (QED) is 0.819. The van der Waals surface area contributed by atoms with Crippen LogP contribution < -0.4 is 0 Å². The number of aliphatic hydroxyl groups is 1. The monoisotopic (exact) mass is 343 g/mol. The first-order valence-corrected chi connectivity index (χ1v) is 9.61. The molecule has 0 aliphatic rings. The second kappa shape index (κ2) is 6.85. The maximum absolute atomic E-state index is 14.0. The molecule has 0 amide bonds. The molecule has 1 aromatic carbocycles. The number of aryl methyl sites for hydroxylation is 2. The smallest absolute Gasteiger partial charge is 0.178 e. The second-order valence-corrected chi connectivity index (χ2v) is 8.19. The van der Waals surface area contributed by atoms with Crippen LogP contribution in [-0.4, -0.2) is 31.4 Å². The molecule has 0 atom stereocenters. The summed E-state index contributed by atoms with van der Waals surface area (Å²) in [7, 11) is -3.56. The van der Waals surface area contributed by atoms with Gasteiger partial charge in [-0.2, -0.15) is 0 Å². The fourth-order valence-electron chi connectivity index (χ4n) is 2.16. The van der Waals surface area contributed by atoms with Crippen LogP contribution in [0.2, 0.25) is 0 Å². The number of halogens is 1. The average Bonchev–Trinajstić information content (AvgIpc) is 2.78. The van der Waals surface area contributed by atoms with E-state index in [9.17, 15) is 12.8 Å². The molecule has 2 aromatic rings. The van der Waals surface area contributed by atoms with E-state index in [0.29, 0.717) is 5.56 Å². The van der Waals surface area contributed by atoms with Crippen LogP contribution in [0, 0.1) is 12.7 Å². The van der Waals surface area contributed by atoms with E-state index >= 15 is 0 Å². The van der Waals surface area contributed by atoms with Gasteiger partial charge in [0.2, 0.25) is 0 Å². The van der Waals surface area contributed by atoms with E-state index in [4.69, 9.17) is 5.11 Å². The van der Waals surface area contributed by atoms with Crippen molar-refractivity contribution >= 4 is 21.2 Å². The van der Waals surface area contributed by atoms with Gasteiger partial charge in [0.1, 0.15) is 10.7 Å². The molecule has 22 heavy (non-hydrogen) atoms. The minimum Gasteiger partial charge on any atom is -0.396 e. The third-order valence-corrected chi connectivity index (χ3v) is 5.63. The summed E-state index contributed by atoms with van der Waals surface area (Å²) < 4.78 is 36.9. The highest BCUT2D eigenvalue weighted by molar-refractivity contribution is 7.90. The summed E-state index contributed by atoms with van der Waals surface area (Å²) >= 11 is 1.48. The summed E-state index contributed by atoms with van der Waals surface area (Å²) in [6.45, 7) is 2.01. The van der Waals surface area contributed by atoms with E-state index in [1.54, 1.807) is 6.07 Å². The molecule has 2 rings (SSSR count). The summed E-state index contributed by atoms with van der Waals surface area (Å²) in [5.74, 6) is -0.741. The molecular formula is C15H18FNO3S2. The molecule has 0 aliphatic carbocycles. The third-order valence-electron chi connectivity index (χ3n) is 3.23. The lowest BCUT2D eigenvalue weighted by Crippen LogP contribution is -2.00. The minimum absolute atomic E-state index is 0.162. The maximum atomic E-state index is 14.0. The molecule has 120 valence electrons. The van der Waals surface area contributed by atoms with Crippen LogP contribution in [0.3, 0.4) is 0 Å². The number of sulfone groups is 1. The van der Waals surface area contributed by atoms with E-state index in [0.717, 1.165) is 41.1 Å². The summed E-state index contributed by atoms with van der Waals surface area (Å²) in [5.41, 5.74) is 1.43. The molecule has 1 aromatic heterocycles. The van der Waals surface area contributed by atoms with Gasteiger partial charge in [0, 0.05) is 12.9 Å². The van der Waals surface area contributed by atoms with Crippen molar-refractivity contribution < 1.29 is 17.9 Å². The van der Waals surface area contributed by atoms with Crippen LogP contribution in [0.1, 0.15) is 23.5 Å². The first kappa shape index (κ1) is 17.1. The Balaban J connectivity index is 2.31. The summed E-state index contributed by atoms with van der Waals surface area (Å²) in [4.78, 5) is 5.01. The largest absolute Gasteiger partial charge is 0.396 e. The molecule has 0 spiro atoms. The molecule has 0 saturated carbocycles. The number of aromatic nitrogens is 1. The lowest BCUT2D eigenvalue weighted by molar-refractivity contribution is 0.284. The number of hydrogen-bond acceptors (Lipinski definition) is 5. The van der Waals surface area contributed by atoms with E-state index in [1.807, 2.05) is 6.92 Å². The zero-order chi connectivity index (χ0) is 16.3. The lowest BCUT2D eigenvalue weighted by Gasteiger charge is -2.03. The predicted octanol–water partition coefficient (Wildman–Crippen LogP) is 2.98. The van der Waals surface area contributed by atoms with Crippen molar-refractivity contribution in [3.8, 4) is 10.4 Å². The Morgan fingerprint density at radius 3 is 2.64 bits per heavy atom. The molecule has 1 heterocycles. The molecule has 0 unspecified atom stereocenters. The molecule has 0 fully saturated rings. The Morgan fingerprint density at radius 2 is 2.05 bits per heavy atom. The summed E-state index contributed by atoms with van der Waals surface area (Å²) in [6.07, 6.45) is 3.34. The average molecular weight is 343 g/mol. The van der Waals surface area contributed by atoms with Crippen molar-refractivity contribution in [2.45, 2.75) is 31.1 Å². The number of thiazole rings is 1. The molecule has 4 nitrogen and oxygen atoms in total. The molecule has 0 bridgehead atoms. The van der Waals surface area contributed by atoms with Gasteiger partial charge in [-0.15, -0.1) is 11.3 Å². The second-order valence-electron chi connectivity index (χ2n) is 5.12. The normalized spacial score (nSPS) is 11.8. The van der Waals surface area contributed by atoms with Crippen molar-refractivity contribution in [1.29, 1.82) is 0 Å². The number of rotatable bonds is 6. The van der Waals surface area contributed by atoms with Crippen molar-refractivity contribution in [3.63, 3.8) is 0 Å². The van der Waals surface area contributed by atoms with Crippen LogP contribution in [0.25, 0.3) is 10.4 Å². The molecular weight excluding hydrogens is 325 g/mol. The Hall–Kier alpha value is -1.31. The first-order chi connectivity index (χ1) is 10.3. The molecule has 1 N–H and O–H groups in total. The van der Waals surface area contributed by atoms with Crippen LogP contribution in [0.5, 0.6) is 0 Å². The Labute approximate surface area is 133 Å². The van der Waals surface area contributed by atoms with E-state index in [-0.39, 0.29) is 11.5 Å². The fraction of sp³-hybridized carbons (Fsp3) is 0.400. The van der Waals surface area contributed by atoms with Gasteiger partial charge >= 0.3 is 0 Å². The van der Waals surface area contributed by atoms with Gasteiger partial charge in [-0.3, -0.25) is 0 Å². The summed E-state index contributed by atoms with van der Waals surface area (Å²) in [6, 6.07) is 4.15. The SMILES string of the molecule is Cc1nc(CCCCO)sc1-c1ccc(S(C)(=O)=O)c(F)c1. The van der Waals surface area contributed by atoms with Crippen molar-refractivity contribution in [2.24, 2.45) is 0 Å². The van der Waals surface area contributed by atoms with Crippen LogP contribution >= 0.6 is 11.3 Å². The Kier molecular flexibility index (Phi) is 5.31. The number of nitrogens with zero attached hydrogens (tertiary/aromatic N) is 1. The minimum atomic E-state index is -3.56. The van der Waals surface area contributed by atoms with Crippen molar-refractivity contribution in [1.82, 2.24) is 4.98 Å². The first-order valence-electron chi connectivity index (χ1n) is 6.90. The fourth-order valence-corrected chi connectivity index (χ4v) is 3.99. The Bertz CT molecular complexity index is 769. The lowest BCUT2D eigenvalue weighted by atomic mass is 10.1. The highest BCUT2D eigenvalue weighted by Crippen LogP contribution is 2.32. The van der Waals surface area contributed by atoms with Crippen LogP contribution in [0.15, 0.2) is 23.1 Å². The van der Waals surface area contributed by atoms with E-state index in [1.165, 1.54) is 23.5 Å². The number of benzene rings is 1. The maximum Gasteiger partial charge on any atom is 0.178 e. The Morgan fingerprint density at radius 1 is 1.32 bits per heavy atom. The van der Waals surface area contributed by atoms with Crippen LogP contribution in [-0.2, 0) is 16.3 Å². The molecule has 7 heteroatoms. The van der Waals surface area contributed by atoms with Gasteiger partial charge in [0.25, 0.3) is 0 Å². The van der Waals surface area contributed by atoms with Crippen LogP contribution in [0.4, 0.5) is 4.39 Å². The van der Waals surface area contributed by atoms with Gasteiger partial charge in [0.15, 0.2) is 9.84 Å². The van der Waals surface area contributed by atoms with E-state index in [2.05, 4.69) is 4.98 Å². The van der Waals surface area contributed by atoms with Gasteiger partial charge in [0.05, 0.1) is 15.6 Å². The third kappa shape index (κ3) is 3.91. The molecule has 0 radical (unpaired) electrons. The number of hydrogen-bond donors (Lipinski definition) is 1. The van der Waals surface area contributed by atoms with E-state index < -0.39 is 15.7 Å². The van der Waals surface area contributed by atoms with Crippen molar-refractivity contribution in [3.05, 3.63) is 34.7 Å². The van der Waals surface area contributed by atoms with Crippen molar-refractivity contribution in [2.75, 3.05) is 12.9 Å². The van der Waals surface area contributed by atoms with Gasteiger partial charge < -0.3 is 5.11 Å². The summed E-state index contributed by atoms with van der Waals surface area (Å²) in [5, 5.41) is 9.74. The van der Waals surface area contributed by atoms with Gasteiger partial charge in [-0.05, 0) is 43.9 Å². The molecule has 0 aliphatic heterocycles.